The first kappa shape index (κ1) is 28.4. The Morgan fingerprint density at radius 2 is 1.88 bits per heavy atom. The summed E-state index contributed by atoms with van der Waals surface area (Å²) in [6, 6.07) is 7.56. The number of carbonyl (C=O) groups is 1. The molecule has 0 unspecified atom stereocenters. The second-order valence-corrected chi connectivity index (χ2v) is 12.1. The molecule has 4 atom stereocenters. The first-order valence-corrected chi connectivity index (χ1v) is 14.6. The lowest BCUT2D eigenvalue weighted by atomic mass is 9.72. The molecule has 0 radical (unpaired) electrons. The Morgan fingerprint density at radius 1 is 1.14 bits per heavy atom. The van der Waals surface area contributed by atoms with Crippen LogP contribution in [0, 0.1) is 17.6 Å². The number of hydrogen-bond donors (Lipinski definition) is 3. The highest BCUT2D eigenvalue weighted by Crippen LogP contribution is 2.41. The Kier molecular flexibility index (Phi) is 7.53. The van der Waals surface area contributed by atoms with Crippen molar-refractivity contribution < 1.29 is 18.7 Å². The van der Waals surface area contributed by atoms with Gasteiger partial charge in [0.15, 0.2) is 0 Å². The van der Waals surface area contributed by atoms with Gasteiger partial charge < -0.3 is 16.2 Å². The van der Waals surface area contributed by atoms with E-state index in [4.69, 9.17) is 5.73 Å². The second kappa shape index (κ2) is 11.1. The van der Waals surface area contributed by atoms with E-state index >= 15 is 8.78 Å². The largest absolute Gasteiger partial charge is 0.385 e. The van der Waals surface area contributed by atoms with Gasteiger partial charge in [-0.25, -0.2) is 18.3 Å². The lowest BCUT2D eigenvalue weighted by Gasteiger charge is -2.39. The molecule has 1 aromatic carbocycles. The Bertz CT molecular complexity index is 1600. The Balaban J connectivity index is 1.30. The number of rotatable bonds is 6. The predicted octanol–water partition coefficient (Wildman–Crippen LogP) is 4.77. The molecule has 0 spiro atoms. The minimum absolute atomic E-state index is 0.0705. The molecule has 0 saturated heterocycles. The molecule has 2 fully saturated rings. The third-order valence-corrected chi connectivity index (χ3v) is 9.11. The van der Waals surface area contributed by atoms with E-state index in [9.17, 15) is 9.90 Å². The minimum atomic E-state index is -1.19. The average molecular weight is 575 g/mol. The molecule has 2 saturated carbocycles. The number of pyridine rings is 1. The predicted molar refractivity (Wildman–Crippen MR) is 154 cm³/mol. The van der Waals surface area contributed by atoms with E-state index in [1.165, 1.54) is 19.1 Å². The molecule has 42 heavy (non-hydrogen) atoms. The number of amides is 1. The number of benzene rings is 1. The van der Waals surface area contributed by atoms with E-state index in [1.54, 1.807) is 29.0 Å². The van der Waals surface area contributed by atoms with Gasteiger partial charge in [0.05, 0.1) is 28.6 Å². The van der Waals surface area contributed by atoms with Gasteiger partial charge in [-0.2, -0.15) is 5.10 Å². The van der Waals surface area contributed by atoms with E-state index in [-0.39, 0.29) is 46.6 Å². The molecule has 1 amide bonds. The molecule has 4 N–H and O–H groups in total. The summed E-state index contributed by atoms with van der Waals surface area (Å²) in [5.41, 5.74) is 8.31. The van der Waals surface area contributed by atoms with Crippen LogP contribution in [-0.2, 0) is 16.8 Å². The van der Waals surface area contributed by atoms with Gasteiger partial charge >= 0.3 is 0 Å². The standard InChI is InChI=1S/C32H36F2N6O2/c1-18-11-20(12-27(35)31(18)38-19(2)41)24-7-10-36-16-21(24)13-29-37-17-23-5-6-28(39-40(23)29)30-25(33)14-22(15-26(30)34)32(42)8-3-4-9-32/h5-7,10,14-18,20,27,31,42H,3-4,8-9,11-13,35H2,1-2H3,(H,38,41)/t18-,20+,27+,31-/m0/s1. The first-order valence-electron chi connectivity index (χ1n) is 14.6. The molecule has 8 nitrogen and oxygen atoms in total. The zero-order valence-electron chi connectivity index (χ0n) is 23.9. The van der Waals surface area contributed by atoms with Crippen LogP contribution in [0.1, 0.15) is 80.8 Å². The van der Waals surface area contributed by atoms with Crippen molar-refractivity contribution in [2.24, 2.45) is 11.7 Å². The van der Waals surface area contributed by atoms with E-state index in [2.05, 4.69) is 27.3 Å². The van der Waals surface area contributed by atoms with Gasteiger partial charge in [0, 0.05) is 37.8 Å². The SMILES string of the molecule is CC(=O)N[C@@H]1[C@H](N)C[C@H](c2ccncc2Cc2ncc3ccc(-c4c(F)cc(C5(O)CCCC5)cc4F)nn23)C[C@@H]1C. The maximum atomic E-state index is 15.4. The van der Waals surface area contributed by atoms with Crippen LogP contribution >= 0.6 is 0 Å². The van der Waals surface area contributed by atoms with Crippen molar-refractivity contribution in [1.29, 1.82) is 0 Å². The fraction of sp³-hybridized carbons (Fsp3) is 0.438. The molecule has 10 heteroatoms. The molecule has 4 aromatic rings. The summed E-state index contributed by atoms with van der Waals surface area (Å²) in [5.74, 6) is -0.592. The van der Waals surface area contributed by atoms with Gasteiger partial charge in [0.2, 0.25) is 5.91 Å². The highest BCUT2D eigenvalue weighted by molar-refractivity contribution is 5.73. The van der Waals surface area contributed by atoms with Gasteiger partial charge in [-0.05, 0) is 84.5 Å². The highest BCUT2D eigenvalue weighted by Gasteiger charge is 2.36. The summed E-state index contributed by atoms with van der Waals surface area (Å²) in [6.07, 6.45) is 9.92. The van der Waals surface area contributed by atoms with Crippen molar-refractivity contribution >= 4 is 11.4 Å². The lowest BCUT2D eigenvalue weighted by Crippen LogP contribution is -2.54. The average Bonchev–Trinajstić information content (AvgIpc) is 3.57. The van der Waals surface area contributed by atoms with Crippen molar-refractivity contribution in [3.05, 3.63) is 83.1 Å². The molecular formula is C32H36F2N6O2. The van der Waals surface area contributed by atoms with Crippen molar-refractivity contribution in [3.8, 4) is 11.3 Å². The third-order valence-electron chi connectivity index (χ3n) is 9.11. The van der Waals surface area contributed by atoms with Crippen LogP contribution in [0.3, 0.4) is 0 Å². The van der Waals surface area contributed by atoms with Gasteiger partial charge in [0.1, 0.15) is 17.5 Å². The fourth-order valence-corrected chi connectivity index (χ4v) is 7.00. The molecule has 3 aromatic heterocycles. The molecule has 6 rings (SSSR count). The van der Waals surface area contributed by atoms with Crippen LogP contribution in [0.4, 0.5) is 8.78 Å². The van der Waals surface area contributed by atoms with Gasteiger partial charge in [-0.15, -0.1) is 0 Å². The smallest absolute Gasteiger partial charge is 0.217 e. The van der Waals surface area contributed by atoms with E-state index in [0.29, 0.717) is 30.6 Å². The summed E-state index contributed by atoms with van der Waals surface area (Å²) in [4.78, 5) is 20.6. The topological polar surface area (TPSA) is 118 Å². The van der Waals surface area contributed by atoms with E-state index in [0.717, 1.165) is 36.8 Å². The summed E-state index contributed by atoms with van der Waals surface area (Å²) in [5, 5.41) is 18.5. The molecule has 3 heterocycles. The molecule has 2 aliphatic carbocycles. The maximum Gasteiger partial charge on any atom is 0.217 e. The summed E-state index contributed by atoms with van der Waals surface area (Å²) >= 11 is 0. The minimum Gasteiger partial charge on any atom is -0.385 e. The highest BCUT2D eigenvalue weighted by atomic mass is 19.1. The van der Waals surface area contributed by atoms with Crippen molar-refractivity contribution in [1.82, 2.24) is 24.9 Å². The monoisotopic (exact) mass is 574 g/mol. The van der Waals surface area contributed by atoms with Crippen LogP contribution in [-0.4, -0.2) is 42.7 Å². The molecule has 2 aliphatic rings. The van der Waals surface area contributed by atoms with Gasteiger partial charge in [-0.3, -0.25) is 9.78 Å². The number of fused-ring (bicyclic) bond motifs is 1. The zero-order valence-corrected chi connectivity index (χ0v) is 23.9. The number of carbonyl (C=O) groups excluding carboxylic acids is 1. The number of aromatic nitrogens is 4. The molecule has 0 bridgehead atoms. The number of hydrogen-bond acceptors (Lipinski definition) is 6. The molecule has 220 valence electrons. The Morgan fingerprint density at radius 3 is 2.57 bits per heavy atom. The van der Waals surface area contributed by atoms with Crippen LogP contribution in [0.5, 0.6) is 0 Å². The van der Waals surface area contributed by atoms with Crippen LogP contribution in [0.15, 0.2) is 48.9 Å². The third kappa shape index (κ3) is 5.29. The van der Waals surface area contributed by atoms with Gasteiger partial charge in [-0.1, -0.05) is 19.8 Å². The van der Waals surface area contributed by atoms with Crippen LogP contribution in [0.25, 0.3) is 16.8 Å². The van der Waals surface area contributed by atoms with Crippen LogP contribution in [0.2, 0.25) is 0 Å². The van der Waals surface area contributed by atoms with Crippen molar-refractivity contribution in [2.75, 3.05) is 0 Å². The Hall–Kier alpha value is -3.76. The summed E-state index contributed by atoms with van der Waals surface area (Å²) < 4.78 is 32.3. The first-order chi connectivity index (χ1) is 20.1. The second-order valence-electron chi connectivity index (χ2n) is 12.1. The molecular weight excluding hydrogens is 538 g/mol. The molecule has 0 aliphatic heterocycles. The van der Waals surface area contributed by atoms with E-state index < -0.39 is 17.2 Å². The number of nitrogens with two attached hydrogens (primary N) is 1. The van der Waals surface area contributed by atoms with Gasteiger partial charge in [0.25, 0.3) is 0 Å². The zero-order chi connectivity index (χ0) is 29.6. The quantitative estimate of drug-likeness (QED) is 0.305. The number of nitrogens with one attached hydrogen (secondary N) is 1. The van der Waals surface area contributed by atoms with E-state index in [1.807, 2.05) is 12.3 Å². The number of halogens is 2. The summed E-state index contributed by atoms with van der Waals surface area (Å²) in [6.45, 7) is 3.62. The van der Waals surface area contributed by atoms with Crippen LogP contribution < -0.4 is 11.1 Å². The normalized spacial score (nSPS) is 23.8. The maximum absolute atomic E-state index is 15.4. The fourth-order valence-electron chi connectivity index (χ4n) is 7.00. The van der Waals surface area contributed by atoms with Crippen molar-refractivity contribution in [3.63, 3.8) is 0 Å². The lowest BCUT2D eigenvalue weighted by molar-refractivity contribution is -0.120. The Labute approximate surface area is 243 Å². The van der Waals surface area contributed by atoms with Crippen molar-refractivity contribution in [2.45, 2.75) is 82.4 Å². The number of nitrogens with zero attached hydrogens (tertiary/aromatic N) is 4. The summed E-state index contributed by atoms with van der Waals surface area (Å²) in [7, 11) is 0. The number of imidazole rings is 1. The number of aliphatic hydroxyl groups is 1.